The zero-order chi connectivity index (χ0) is 10.3. The summed E-state index contributed by atoms with van der Waals surface area (Å²) in [6.45, 7) is 0. The van der Waals surface area contributed by atoms with Crippen LogP contribution in [0.1, 0.15) is 5.56 Å². The van der Waals surface area contributed by atoms with Crippen LogP contribution in [0.15, 0.2) is 17.1 Å². The van der Waals surface area contributed by atoms with Gasteiger partial charge in [0.25, 0.3) is 5.56 Å². The van der Waals surface area contributed by atoms with Crippen LogP contribution in [0.25, 0.3) is 11.0 Å². The van der Waals surface area contributed by atoms with Crippen LogP contribution in [0.2, 0.25) is 0 Å². The van der Waals surface area contributed by atoms with Crippen molar-refractivity contribution in [2.75, 3.05) is 0 Å². The van der Waals surface area contributed by atoms with Gasteiger partial charge in [0.2, 0.25) is 0 Å². The van der Waals surface area contributed by atoms with Gasteiger partial charge in [0, 0.05) is 6.20 Å². The Kier molecular flexibility index (Phi) is 1.63. The second-order valence-corrected chi connectivity index (χ2v) is 2.66. The summed E-state index contributed by atoms with van der Waals surface area (Å²) >= 11 is 0. The van der Waals surface area contributed by atoms with E-state index in [1.165, 1.54) is 0 Å². The molecule has 2 rings (SSSR count). The van der Waals surface area contributed by atoms with Crippen molar-refractivity contribution in [2.24, 2.45) is 0 Å². The fraction of sp³-hybridized carbons (Fsp3) is 0.143. The van der Waals surface area contributed by atoms with E-state index in [2.05, 4.69) is 10.1 Å². The van der Waals surface area contributed by atoms with Crippen LogP contribution in [0.3, 0.4) is 0 Å². The van der Waals surface area contributed by atoms with E-state index >= 15 is 0 Å². The standard InChI is InChI=1S/C7H4F3N3O/c8-7(9,10)3-1-2-11-5-4(3)6(14)13-12-5/h1-2H,(H2,11,12,13,14). The molecule has 2 aromatic heterocycles. The molecular formula is C7H4F3N3O. The lowest BCUT2D eigenvalue weighted by atomic mass is 10.2. The number of alkyl halides is 3. The fourth-order valence-corrected chi connectivity index (χ4v) is 1.20. The smallest absolute Gasteiger partial charge is 0.281 e. The summed E-state index contributed by atoms with van der Waals surface area (Å²) in [5.41, 5.74) is -1.89. The second kappa shape index (κ2) is 2.60. The van der Waals surface area contributed by atoms with Gasteiger partial charge in [-0.1, -0.05) is 0 Å². The Balaban J connectivity index is 2.89. The van der Waals surface area contributed by atoms with Crippen LogP contribution >= 0.6 is 0 Å². The highest BCUT2D eigenvalue weighted by Crippen LogP contribution is 2.31. The molecule has 2 heterocycles. The number of nitrogens with one attached hydrogen (secondary N) is 2. The van der Waals surface area contributed by atoms with E-state index in [0.29, 0.717) is 0 Å². The zero-order valence-electron chi connectivity index (χ0n) is 6.64. The Labute approximate surface area is 74.8 Å². The van der Waals surface area contributed by atoms with Crippen molar-refractivity contribution >= 4 is 11.0 Å². The normalized spacial score (nSPS) is 12.2. The summed E-state index contributed by atoms with van der Waals surface area (Å²) in [5, 5.41) is 3.84. The third-order valence-corrected chi connectivity index (χ3v) is 1.78. The Bertz CT molecular complexity index is 525. The van der Waals surface area contributed by atoms with Crippen molar-refractivity contribution in [1.29, 1.82) is 0 Å². The van der Waals surface area contributed by atoms with Crippen molar-refractivity contribution in [3.8, 4) is 0 Å². The molecule has 0 saturated carbocycles. The molecule has 0 aromatic carbocycles. The maximum absolute atomic E-state index is 12.4. The number of nitrogens with zero attached hydrogens (tertiary/aromatic N) is 1. The third-order valence-electron chi connectivity index (χ3n) is 1.78. The minimum atomic E-state index is -4.55. The van der Waals surface area contributed by atoms with Crippen LogP contribution in [0.4, 0.5) is 13.2 Å². The summed E-state index contributed by atoms with van der Waals surface area (Å²) in [5.74, 6) is 0. The predicted octanol–water partition coefficient (Wildman–Crippen LogP) is 1.27. The molecule has 0 unspecified atom stereocenters. The average Bonchev–Trinajstić information content (AvgIpc) is 2.46. The molecule has 0 bridgehead atoms. The van der Waals surface area contributed by atoms with Crippen molar-refractivity contribution in [1.82, 2.24) is 15.2 Å². The number of aromatic amines is 2. The van der Waals surface area contributed by atoms with E-state index in [1.807, 2.05) is 5.10 Å². The minimum absolute atomic E-state index is 0.0928. The number of pyridine rings is 1. The molecule has 0 spiro atoms. The molecule has 0 amide bonds. The Hall–Kier alpha value is -1.79. The number of rotatable bonds is 0. The summed E-state index contributed by atoms with van der Waals surface area (Å²) in [7, 11) is 0. The molecule has 0 aliphatic carbocycles. The molecule has 0 saturated heterocycles. The maximum atomic E-state index is 12.4. The van der Waals surface area contributed by atoms with Gasteiger partial charge in [-0.25, -0.2) is 4.98 Å². The Morgan fingerprint density at radius 2 is 2.00 bits per heavy atom. The molecule has 2 aromatic rings. The van der Waals surface area contributed by atoms with Gasteiger partial charge in [-0.15, -0.1) is 0 Å². The molecular weight excluding hydrogens is 199 g/mol. The first-order valence-electron chi connectivity index (χ1n) is 3.62. The molecule has 7 heteroatoms. The lowest BCUT2D eigenvalue weighted by Gasteiger charge is -2.05. The number of hydrogen-bond acceptors (Lipinski definition) is 2. The summed E-state index contributed by atoms with van der Waals surface area (Å²) in [4.78, 5) is 14.6. The van der Waals surface area contributed by atoms with E-state index < -0.39 is 22.7 Å². The SMILES string of the molecule is O=c1[nH][nH]c2nccc(C(F)(F)F)c12. The van der Waals surface area contributed by atoms with E-state index in [-0.39, 0.29) is 5.65 Å². The van der Waals surface area contributed by atoms with Crippen molar-refractivity contribution in [3.05, 3.63) is 28.2 Å². The first kappa shape index (κ1) is 8.79. The summed E-state index contributed by atoms with van der Waals surface area (Å²) in [6, 6.07) is 0.769. The van der Waals surface area contributed by atoms with Gasteiger partial charge in [-0.05, 0) is 6.07 Å². The summed E-state index contributed by atoms with van der Waals surface area (Å²) < 4.78 is 37.1. The highest BCUT2D eigenvalue weighted by atomic mass is 19.4. The number of halogens is 3. The van der Waals surface area contributed by atoms with Crippen LogP contribution in [-0.2, 0) is 6.18 Å². The largest absolute Gasteiger partial charge is 0.417 e. The topological polar surface area (TPSA) is 61.5 Å². The van der Waals surface area contributed by atoms with E-state index in [0.717, 1.165) is 12.3 Å². The maximum Gasteiger partial charge on any atom is 0.417 e. The second-order valence-electron chi connectivity index (χ2n) is 2.66. The average molecular weight is 203 g/mol. The van der Waals surface area contributed by atoms with Crippen LogP contribution in [-0.4, -0.2) is 15.2 Å². The molecule has 0 aliphatic heterocycles. The van der Waals surface area contributed by atoms with E-state index in [1.54, 1.807) is 0 Å². The number of fused-ring (bicyclic) bond motifs is 1. The third kappa shape index (κ3) is 1.17. The van der Waals surface area contributed by atoms with Crippen molar-refractivity contribution in [2.45, 2.75) is 6.18 Å². The van der Waals surface area contributed by atoms with Gasteiger partial charge in [0.1, 0.15) is 0 Å². The Morgan fingerprint density at radius 1 is 1.29 bits per heavy atom. The first-order valence-corrected chi connectivity index (χ1v) is 3.62. The molecule has 0 radical (unpaired) electrons. The van der Waals surface area contributed by atoms with Crippen LogP contribution in [0.5, 0.6) is 0 Å². The van der Waals surface area contributed by atoms with Gasteiger partial charge in [0.05, 0.1) is 10.9 Å². The highest BCUT2D eigenvalue weighted by Gasteiger charge is 2.34. The van der Waals surface area contributed by atoms with Gasteiger partial charge >= 0.3 is 6.18 Å². The van der Waals surface area contributed by atoms with Gasteiger partial charge in [-0.3, -0.25) is 15.0 Å². The van der Waals surface area contributed by atoms with Crippen molar-refractivity contribution < 1.29 is 13.2 Å². The monoisotopic (exact) mass is 203 g/mol. The van der Waals surface area contributed by atoms with Gasteiger partial charge in [-0.2, -0.15) is 13.2 Å². The van der Waals surface area contributed by atoms with E-state index in [4.69, 9.17) is 0 Å². The van der Waals surface area contributed by atoms with Gasteiger partial charge in [0.15, 0.2) is 5.65 Å². The number of aromatic nitrogens is 3. The first-order chi connectivity index (χ1) is 6.50. The lowest BCUT2D eigenvalue weighted by Crippen LogP contribution is -2.10. The minimum Gasteiger partial charge on any atom is -0.281 e. The zero-order valence-corrected chi connectivity index (χ0v) is 6.64. The molecule has 14 heavy (non-hydrogen) atoms. The number of H-pyrrole nitrogens is 2. The van der Waals surface area contributed by atoms with Crippen LogP contribution < -0.4 is 5.56 Å². The fourth-order valence-electron chi connectivity index (χ4n) is 1.20. The molecule has 0 fully saturated rings. The molecule has 0 atom stereocenters. The quantitative estimate of drug-likeness (QED) is 0.677. The van der Waals surface area contributed by atoms with Crippen LogP contribution in [0, 0.1) is 0 Å². The summed E-state index contributed by atoms with van der Waals surface area (Å²) in [6.07, 6.45) is -3.55. The van der Waals surface area contributed by atoms with Gasteiger partial charge < -0.3 is 0 Å². The predicted molar refractivity (Wildman–Crippen MR) is 41.7 cm³/mol. The Morgan fingerprint density at radius 3 is 2.64 bits per heavy atom. The van der Waals surface area contributed by atoms with E-state index in [9.17, 15) is 18.0 Å². The molecule has 2 N–H and O–H groups in total. The molecule has 74 valence electrons. The lowest BCUT2D eigenvalue weighted by molar-refractivity contribution is -0.136. The highest BCUT2D eigenvalue weighted by molar-refractivity contribution is 5.78. The number of hydrogen-bond donors (Lipinski definition) is 2. The van der Waals surface area contributed by atoms with Crippen molar-refractivity contribution in [3.63, 3.8) is 0 Å². The molecule has 4 nitrogen and oxygen atoms in total. The molecule has 0 aliphatic rings.